The average molecular weight is 222 g/mol. The quantitative estimate of drug-likeness (QED) is 0.733. The van der Waals surface area contributed by atoms with Crippen molar-refractivity contribution in [2.45, 2.75) is 26.3 Å². The van der Waals surface area contributed by atoms with Gasteiger partial charge in [0.05, 0.1) is 12.2 Å². The molecule has 1 rings (SSSR count). The number of carbonyl (C=O) groups is 1. The molecule has 0 bridgehead atoms. The Labute approximate surface area is 95.4 Å². The second kappa shape index (κ2) is 6.90. The van der Waals surface area contributed by atoms with Gasteiger partial charge in [-0.1, -0.05) is 13.3 Å². The van der Waals surface area contributed by atoms with E-state index in [0.717, 1.165) is 12.1 Å². The standard InChI is InChI=1S/C11H18N4O/c1-2-9(7-12)6-11(16)13-8-10-4-3-5-14-15-10/h3-5,9H,2,6-8,12H2,1H3,(H,13,16). The Kier molecular flexibility index (Phi) is 5.42. The summed E-state index contributed by atoms with van der Waals surface area (Å²) in [4.78, 5) is 11.5. The maximum absolute atomic E-state index is 11.5. The summed E-state index contributed by atoms with van der Waals surface area (Å²) in [6.07, 6.45) is 3.01. The number of hydrogen-bond donors (Lipinski definition) is 2. The number of aromatic nitrogens is 2. The van der Waals surface area contributed by atoms with Crippen LogP contribution in [0.3, 0.4) is 0 Å². The number of hydrogen-bond acceptors (Lipinski definition) is 4. The minimum Gasteiger partial charge on any atom is -0.350 e. The van der Waals surface area contributed by atoms with E-state index in [1.165, 1.54) is 0 Å². The molecule has 0 saturated carbocycles. The molecule has 1 aromatic rings. The lowest BCUT2D eigenvalue weighted by Gasteiger charge is -2.11. The van der Waals surface area contributed by atoms with Crippen LogP contribution in [0, 0.1) is 5.92 Å². The molecule has 1 aromatic heterocycles. The Morgan fingerprint density at radius 1 is 1.62 bits per heavy atom. The van der Waals surface area contributed by atoms with Gasteiger partial charge in [-0.25, -0.2) is 0 Å². The van der Waals surface area contributed by atoms with E-state index >= 15 is 0 Å². The van der Waals surface area contributed by atoms with Crippen LogP contribution < -0.4 is 11.1 Å². The zero-order valence-corrected chi connectivity index (χ0v) is 9.52. The van der Waals surface area contributed by atoms with E-state index in [-0.39, 0.29) is 11.8 Å². The molecule has 0 radical (unpaired) electrons. The average Bonchev–Trinajstić information content (AvgIpc) is 2.34. The van der Waals surface area contributed by atoms with Crippen molar-refractivity contribution in [3.63, 3.8) is 0 Å². The third kappa shape index (κ3) is 4.35. The Hall–Kier alpha value is -1.49. The molecule has 1 amide bonds. The molecule has 16 heavy (non-hydrogen) atoms. The summed E-state index contributed by atoms with van der Waals surface area (Å²) in [5.74, 6) is 0.282. The van der Waals surface area contributed by atoms with Gasteiger partial charge in [-0.3, -0.25) is 4.79 Å². The lowest BCUT2D eigenvalue weighted by atomic mass is 10.0. The minimum absolute atomic E-state index is 0.0166. The first-order chi connectivity index (χ1) is 7.76. The summed E-state index contributed by atoms with van der Waals surface area (Å²) >= 11 is 0. The second-order valence-corrected chi connectivity index (χ2v) is 3.71. The molecule has 0 saturated heterocycles. The first-order valence-electron chi connectivity index (χ1n) is 5.49. The summed E-state index contributed by atoms with van der Waals surface area (Å²) in [6.45, 7) is 3.01. The van der Waals surface area contributed by atoms with Crippen LogP contribution in [-0.4, -0.2) is 22.6 Å². The number of amides is 1. The Balaban J connectivity index is 2.30. The van der Waals surface area contributed by atoms with Gasteiger partial charge < -0.3 is 11.1 Å². The molecule has 0 aliphatic carbocycles. The third-order valence-corrected chi connectivity index (χ3v) is 2.48. The number of nitrogens with zero attached hydrogens (tertiary/aromatic N) is 2. The molecule has 0 fully saturated rings. The van der Waals surface area contributed by atoms with Crippen molar-refractivity contribution >= 4 is 5.91 Å². The van der Waals surface area contributed by atoms with Crippen LogP contribution in [0.2, 0.25) is 0 Å². The zero-order chi connectivity index (χ0) is 11.8. The van der Waals surface area contributed by atoms with Crippen molar-refractivity contribution in [1.82, 2.24) is 15.5 Å². The van der Waals surface area contributed by atoms with Gasteiger partial charge in [-0.15, -0.1) is 0 Å². The smallest absolute Gasteiger partial charge is 0.220 e. The highest BCUT2D eigenvalue weighted by atomic mass is 16.1. The van der Waals surface area contributed by atoms with Crippen LogP contribution in [0.1, 0.15) is 25.5 Å². The monoisotopic (exact) mass is 222 g/mol. The topological polar surface area (TPSA) is 80.9 Å². The van der Waals surface area contributed by atoms with E-state index in [0.29, 0.717) is 19.5 Å². The van der Waals surface area contributed by atoms with Crippen LogP contribution >= 0.6 is 0 Å². The molecule has 1 atom stereocenters. The summed E-state index contributed by atoms with van der Waals surface area (Å²) < 4.78 is 0. The second-order valence-electron chi connectivity index (χ2n) is 3.71. The number of carbonyl (C=O) groups excluding carboxylic acids is 1. The van der Waals surface area contributed by atoms with Crippen LogP contribution in [0.4, 0.5) is 0 Å². The SMILES string of the molecule is CCC(CN)CC(=O)NCc1cccnn1. The van der Waals surface area contributed by atoms with Gasteiger partial charge in [-0.2, -0.15) is 10.2 Å². The van der Waals surface area contributed by atoms with Crippen LogP contribution in [0.5, 0.6) is 0 Å². The van der Waals surface area contributed by atoms with E-state index < -0.39 is 0 Å². The predicted octanol–water partition coefficient (Wildman–Crippen LogP) is 0.468. The fraction of sp³-hybridized carbons (Fsp3) is 0.545. The van der Waals surface area contributed by atoms with Crippen molar-refractivity contribution in [2.24, 2.45) is 11.7 Å². The molecule has 0 spiro atoms. The summed E-state index contributed by atoms with van der Waals surface area (Å²) in [6, 6.07) is 3.62. The third-order valence-electron chi connectivity index (χ3n) is 2.48. The fourth-order valence-electron chi connectivity index (χ4n) is 1.35. The zero-order valence-electron chi connectivity index (χ0n) is 9.52. The molecule has 1 unspecified atom stereocenters. The Bertz CT molecular complexity index is 311. The van der Waals surface area contributed by atoms with Crippen molar-refractivity contribution in [3.8, 4) is 0 Å². The first-order valence-corrected chi connectivity index (χ1v) is 5.49. The van der Waals surface area contributed by atoms with Gasteiger partial charge in [0.1, 0.15) is 0 Å². The van der Waals surface area contributed by atoms with Crippen molar-refractivity contribution in [2.75, 3.05) is 6.54 Å². The summed E-state index contributed by atoms with van der Waals surface area (Å²) in [5, 5.41) is 10.4. The molecule has 0 aliphatic heterocycles. The first kappa shape index (κ1) is 12.6. The number of nitrogens with one attached hydrogen (secondary N) is 1. The molecular weight excluding hydrogens is 204 g/mol. The van der Waals surface area contributed by atoms with Crippen molar-refractivity contribution < 1.29 is 4.79 Å². The highest BCUT2D eigenvalue weighted by Gasteiger charge is 2.10. The molecular formula is C11H18N4O. The molecule has 88 valence electrons. The van der Waals surface area contributed by atoms with E-state index in [1.54, 1.807) is 12.3 Å². The maximum atomic E-state index is 11.5. The van der Waals surface area contributed by atoms with Gasteiger partial charge in [0.25, 0.3) is 0 Å². The van der Waals surface area contributed by atoms with Gasteiger partial charge >= 0.3 is 0 Å². The molecule has 1 heterocycles. The van der Waals surface area contributed by atoms with Gasteiger partial charge in [0, 0.05) is 12.6 Å². The molecule has 0 aliphatic rings. The van der Waals surface area contributed by atoms with Gasteiger partial charge in [0.2, 0.25) is 5.91 Å². The van der Waals surface area contributed by atoms with Gasteiger partial charge in [-0.05, 0) is 24.6 Å². The largest absolute Gasteiger partial charge is 0.350 e. The Morgan fingerprint density at radius 2 is 2.44 bits per heavy atom. The molecule has 5 heteroatoms. The van der Waals surface area contributed by atoms with E-state index in [2.05, 4.69) is 15.5 Å². The lowest BCUT2D eigenvalue weighted by Crippen LogP contribution is -2.27. The Morgan fingerprint density at radius 3 is 3.00 bits per heavy atom. The van der Waals surface area contributed by atoms with Crippen LogP contribution in [0.15, 0.2) is 18.3 Å². The van der Waals surface area contributed by atoms with Gasteiger partial charge in [0.15, 0.2) is 0 Å². The number of rotatable bonds is 6. The molecule has 5 nitrogen and oxygen atoms in total. The van der Waals surface area contributed by atoms with Crippen LogP contribution in [0.25, 0.3) is 0 Å². The number of nitrogens with two attached hydrogens (primary N) is 1. The highest BCUT2D eigenvalue weighted by molar-refractivity contribution is 5.76. The van der Waals surface area contributed by atoms with Crippen molar-refractivity contribution in [1.29, 1.82) is 0 Å². The normalized spacial score (nSPS) is 12.1. The van der Waals surface area contributed by atoms with Crippen molar-refractivity contribution in [3.05, 3.63) is 24.0 Å². The molecule has 3 N–H and O–H groups in total. The van der Waals surface area contributed by atoms with Crippen LogP contribution in [-0.2, 0) is 11.3 Å². The maximum Gasteiger partial charge on any atom is 0.220 e. The predicted molar refractivity (Wildman–Crippen MR) is 61.3 cm³/mol. The summed E-state index contributed by atoms with van der Waals surface area (Å²) in [7, 11) is 0. The fourth-order valence-corrected chi connectivity index (χ4v) is 1.35. The lowest BCUT2D eigenvalue weighted by molar-refractivity contribution is -0.122. The minimum atomic E-state index is 0.0166. The van der Waals surface area contributed by atoms with E-state index in [9.17, 15) is 4.79 Å². The molecule has 0 aromatic carbocycles. The van der Waals surface area contributed by atoms with E-state index in [4.69, 9.17) is 5.73 Å². The highest BCUT2D eigenvalue weighted by Crippen LogP contribution is 2.05. The van der Waals surface area contributed by atoms with E-state index in [1.807, 2.05) is 13.0 Å². The summed E-state index contributed by atoms with van der Waals surface area (Å²) in [5.41, 5.74) is 6.30.